The molecule has 0 aromatic heterocycles. The van der Waals surface area contributed by atoms with Crippen molar-refractivity contribution in [3.63, 3.8) is 0 Å². The highest BCUT2D eigenvalue weighted by atomic mass is 32.1. The Labute approximate surface area is 166 Å². The Balaban J connectivity index is 1.64. The summed E-state index contributed by atoms with van der Waals surface area (Å²) in [6.45, 7) is 7.96. The topological polar surface area (TPSA) is 37.0 Å². The Hall–Kier alpha value is -2.47. The SMILES string of the molecule is COc1ccc(OC)c(NC(=S)N2CCN(c3cc(C)ccc3C)CC2)c1. The minimum Gasteiger partial charge on any atom is -0.497 e. The third kappa shape index (κ3) is 4.45. The Bertz CT molecular complexity index is 817. The number of anilines is 2. The average molecular weight is 386 g/mol. The van der Waals surface area contributed by atoms with Crippen LogP contribution >= 0.6 is 12.2 Å². The molecule has 1 fully saturated rings. The van der Waals surface area contributed by atoms with Gasteiger partial charge in [-0.3, -0.25) is 0 Å². The number of nitrogens with zero attached hydrogens (tertiary/aromatic N) is 2. The minimum absolute atomic E-state index is 0.710. The molecule has 1 aliphatic rings. The van der Waals surface area contributed by atoms with Crippen molar-refractivity contribution >= 4 is 28.7 Å². The fourth-order valence-corrected chi connectivity index (χ4v) is 3.61. The van der Waals surface area contributed by atoms with Crippen LogP contribution in [-0.4, -0.2) is 50.4 Å². The second kappa shape index (κ2) is 8.48. The fourth-order valence-electron chi connectivity index (χ4n) is 3.32. The van der Waals surface area contributed by atoms with E-state index in [0.29, 0.717) is 5.11 Å². The number of thiocarbonyl (C=S) groups is 1. The molecule has 0 aliphatic carbocycles. The molecule has 0 saturated carbocycles. The zero-order chi connectivity index (χ0) is 19.4. The van der Waals surface area contributed by atoms with Crippen LogP contribution in [0.15, 0.2) is 36.4 Å². The number of rotatable bonds is 4. The van der Waals surface area contributed by atoms with Crippen LogP contribution in [0.4, 0.5) is 11.4 Å². The van der Waals surface area contributed by atoms with E-state index in [2.05, 4.69) is 47.2 Å². The number of aryl methyl sites for hydroxylation is 2. The smallest absolute Gasteiger partial charge is 0.173 e. The van der Waals surface area contributed by atoms with Gasteiger partial charge < -0.3 is 24.6 Å². The first-order chi connectivity index (χ1) is 13.0. The summed E-state index contributed by atoms with van der Waals surface area (Å²) < 4.78 is 10.7. The van der Waals surface area contributed by atoms with Gasteiger partial charge in [0.2, 0.25) is 0 Å². The van der Waals surface area contributed by atoms with E-state index in [0.717, 1.165) is 43.4 Å². The lowest BCUT2D eigenvalue weighted by atomic mass is 10.1. The van der Waals surface area contributed by atoms with E-state index in [4.69, 9.17) is 21.7 Å². The van der Waals surface area contributed by atoms with E-state index >= 15 is 0 Å². The summed E-state index contributed by atoms with van der Waals surface area (Å²) in [7, 11) is 3.30. The number of hydrogen-bond acceptors (Lipinski definition) is 4. The molecule has 1 aliphatic heterocycles. The van der Waals surface area contributed by atoms with Gasteiger partial charge in [-0.1, -0.05) is 12.1 Å². The lowest BCUT2D eigenvalue weighted by Crippen LogP contribution is -2.50. The summed E-state index contributed by atoms with van der Waals surface area (Å²) in [6.07, 6.45) is 0. The Morgan fingerprint density at radius 2 is 1.70 bits per heavy atom. The molecule has 0 spiro atoms. The van der Waals surface area contributed by atoms with Crippen molar-refractivity contribution < 1.29 is 9.47 Å². The molecule has 6 heteroatoms. The van der Waals surface area contributed by atoms with Crippen molar-refractivity contribution in [2.75, 3.05) is 50.6 Å². The first-order valence-corrected chi connectivity index (χ1v) is 9.53. The minimum atomic E-state index is 0.710. The normalized spacial score (nSPS) is 14.1. The molecular formula is C21H27N3O2S. The van der Waals surface area contributed by atoms with E-state index in [1.165, 1.54) is 16.8 Å². The van der Waals surface area contributed by atoms with Crippen LogP contribution in [0.2, 0.25) is 0 Å². The lowest BCUT2D eigenvalue weighted by Gasteiger charge is -2.38. The maximum absolute atomic E-state index is 5.64. The molecule has 0 unspecified atom stereocenters. The lowest BCUT2D eigenvalue weighted by molar-refractivity contribution is 0.389. The number of piperazine rings is 1. The summed E-state index contributed by atoms with van der Waals surface area (Å²) in [5, 5.41) is 4.03. The largest absolute Gasteiger partial charge is 0.497 e. The molecule has 2 aromatic carbocycles. The quantitative estimate of drug-likeness (QED) is 0.806. The van der Waals surface area contributed by atoms with Crippen LogP contribution in [0.5, 0.6) is 11.5 Å². The third-order valence-electron chi connectivity index (χ3n) is 4.92. The van der Waals surface area contributed by atoms with Gasteiger partial charge in [-0.05, 0) is 55.4 Å². The summed E-state index contributed by atoms with van der Waals surface area (Å²) in [4.78, 5) is 4.64. The van der Waals surface area contributed by atoms with Crippen molar-refractivity contribution in [1.82, 2.24) is 4.90 Å². The van der Waals surface area contributed by atoms with E-state index < -0.39 is 0 Å². The summed E-state index contributed by atoms with van der Waals surface area (Å²) >= 11 is 5.64. The maximum Gasteiger partial charge on any atom is 0.173 e. The van der Waals surface area contributed by atoms with Gasteiger partial charge in [0.1, 0.15) is 11.5 Å². The van der Waals surface area contributed by atoms with Crippen molar-refractivity contribution in [2.24, 2.45) is 0 Å². The number of ether oxygens (including phenoxy) is 2. The highest BCUT2D eigenvalue weighted by molar-refractivity contribution is 7.80. The van der Waals surface area contributed by atoms with Crippen LogP contribution in [0.3, 0.4) is 0 Å². The van der Waals surface area contributed by atoms with Crippen LogP contribution < -0.4 is 19.7 Å². The summed E-state index contributed by atoms with van der Waals surface area (Å²) in [5.74, 6) is 1.51. The van der Waals surface area contributed by atoms with E-state index in [-0.39, 0.29) is 0 Å². The second-order valence-electron chi connectivity index (χ2n) is 6.76. The predicted molar refractivity (Wildman–Crippen MR) is 115 cm³/mol. The molecule has 1 saturated heterocycles. The Morgan fingerprint density at radius 1 is 0.963 bits per heavy atom. The molecule has 0 atom stereocenters. The molecule has 0 bridgehead atoms. The van der Waals surface area contributed by atoms with E-state index in [9.17, 15) is 0 Å². The fraction of sp³-hybridized carbons (Fsp3) is 0.381. The molecule has 27 heavy (non-hydrogen) atoms. The number of hydrogen-bond donors (Lipinski definition) is 1. The highest BCUT2D eigenvalue weighted by Crippen LogP contribution is 2.29. The van der Waals surface area contributed by atoms with E-state index in [1.54, 1.807) is 14.2 Å². The van der Waals surface area contributed by atoms with Crippen molar-refractivity contribution in [3.8, 4) is 11.5 Å². The Morgan fingerprint density at radius 3 is 2.37 bits per heavy atom. The van der Waals surface area contributed by atoms with Gasteiger partial charge >= 0.3 is 0 Å². The average Bonchev–Trinajstić information content (AvgIpc) is 2.69. The second-order valence-corrected chi connectivity index (χ2v) is 7.15. The molecule has 144 valence electrons. The maximum atomic E-state index is 5.64. The zero-order valence-corrected chi connectivity index (χ0v) is 17.2. The number of benzene rings is 2. The highest BCUT2D eigenvalue weighted by Gasteiger charge is 2.21. The van der Waals surface area contributed by atoms with Crippen molar-refractivity contribution in [1.29, 1.82) is 0 Å². The van der Waals surface area contributed by atoms with Gasteiger partial charge in [0.15, 0.2) is 5.11 Å². The molecule has 1 heterocycles. The first kappa shape index (κ1) is 19.3. The van der Waals surface area contributed by atoms with Crippen LogP contribution in [0.1, 0.15) is 11.1 Å². The summed E-state index contributed by atoms with van der Waals surface area (Å²) in [5.41, 5.74) is 4.75. The predicted octanol–water partition coefficient (Wildman–Crippen LogP) is 3.84. The van der Waals surface area contributed by atoms with Gasteiger partial charge in [-0.15, -0.1) is 0 Å². The molecule has 0 radical (unpaired) electrons. The van der Waals surface area contributed by atoms with Gasteiger partial charge in [0.25, 0.3) is 0 Å². The van der Waals surface area contributed by atoms with Gasteiger partial charge in [-0.2, -0.15) is 0 Å². The molecule has 2 aromatic rings. The number of methoxy groups -OCH3 is 2. The number of nitrogens with one attached hydrogen (secondary N) is 1. The van der Waals surface area contributed by atoms with Gasteiger partial charge in [-0.25, -0.2) is 0 Å². The molecule has 3 rings (SSSR count). The summed E-state index contributed by atoms with van der Waals surface area (Å²) in [6, 6.07) is 12.3. The standard InChI is InChI=1S/C21H27N3O2S/c1-15-5-6-16(2)19(13-15)23-9-11-24(12-10-23)21(27)22-18-14-17(25-3)7-8-20(18)26-4/h5-8,13-14H,9-12H2,1-4H3,(H,22,27). The first-order valence-electron chi connectivity index (χ1n) is 9.12. The van der Waals surface area contributed by atoms with Gasteiger partial charge in [0, 0.05) is 37.9 Å². The van der Waals surface area contributed by atoms with Gasteiger partial charge in [0.05, 0.1) is 19.9 Å². The Kier molecular flexibility index (Phi) is 6.06. The monoisotopic (exact) mass is 385 g/mol. The molecular weight excluding hydrogens is 358 g/mol. The van der Waals surface area contributed by atoms with Crippen LogP contribution in [0, 0.1) is 13.8 Å². The molecule has 1 N–H and O–H groups in total. The van der Waals surface area contributed by atoms with Crippen LogP contribution in [0.25, 0.3) is 0 Å². The zero-order valence-electron chi connectivity index (χ0n) is 16.4. The third-order valence-corrected chi connectivity index (χ3v) is 5.28. The van der Waals surface area contributed by atoms with Crippen molar-refractivity contribution in [3.05, 3.63) is 47.5 Å². The van der Waals surface area contributed by atoms with Crippen molar-refractivity contribution in [2.45, 2.75) is 13.8 Å². The molecule has 0 amide bonds. The molecule has 5 nitrogen and oxygen atoms in total. The van der Waals surface area contributed by atoms with E-state index in [1.807, 2.05) is 18.2 Å². The van der Waals surface area contributed by atoms with Crippen LogP contribution in [-0.2, 0) is 0 Å².